The van der Waals surface area contributed by atoms with Crippen LogP contribution in [0.15, 0.2) is 47.7 Å². The van der Waals surface area contributed by atoms with Crippen molar-refractivity contribution in [2.75, 3.05) is 44.7 Å². The maximum absolute atomic E-state index is 13.8. The number of hydrogen-bond donors (Lipinski definition) is 2. The first kappa shape index (κ1) is 23.6. The van der Waals surface area contributed by atoms with Crippen LogP contribution in [0.3, 0.4) is 0 Å². The second-order valence-electron chi connectivity index (χ2n) is 9.88. The summed E-state index contributed by atoms with van der Waals surface area (Å²) in [5, 5.41) is 13.9. The number of anilines is 1. The number of carbonyl (C=O) groups is 1. The van der Waals surface area contributed by atoms with Crippen LogP contribution in [0.1, 0.15) is 36.8 Å². The van der Waals surface area contributed by atoms with Gasteiger partial charge in [-0.3, -0.25) is 4.90 Å². The average molecular weight is 479 g/mol. The summed E-state index contributed by atoms with van der Waals surface area (Å²) in [7, 11) is 1.66. The summed E-state index contributed by atoms with van der Waals surface area (Å²) in [5.74, 6) is 1.68. The fourth-order valence-corrected chi connectivity index (χ4v) is 5.44. The highest BCUT2D eigenvalue weighted by molar-refractivity contribution is 5.94. The monoisotopic (exact) mass is 478 g/mol. The number of aliphatic hydroxyl groups is 1. The Morgan fingerprint density at radius 1 is 1.26 bits per heavy atom. The Bertz CT molecular complexity index is 1070. The molecule has 0 saturated carbocycles. The minimum atomic E-state index is -0.360. The Kier molecular flexibility index (Phi) is 6.62. The number of hydrogen-bond acceptors (Lipinski definition) is 7. The van der Waals surface area contributed by atoms with Gasteiger partial charge in [0.15, 0.2) is 0 Å². The van der Waals surface area contributed by atoms with Gasteiger partial charge in [-0.15, -0.1) is 0 Å². The van der Waals surface area contributed by atoms with Crippen molar-refractivity contribution in [1.82, 2.24) is 20.2 Å². The Morgan fingerprint density at radius 2 is 2.09 bits per heavy atom. The number of benzene rings is 1. The number of aromatic nitrogens is 1. The molecule has 3 aliphatic heterocycles. The summed E-state index contributed by atoms with van der Waals surface area (Å²) >= 11 is 0. The lowest BCUT2D eigenvalue weighted by atomic mass is 9.86. The zero-order chi connectivity index (χ0) is 24.4. The molecule has 2 aromatic rings. The van der Waals surface area contributed by atoms with Crippen LogP contribution >= 0.6 is 0 Å². The van der Waals surface area contributed by atoms with Crippen molar-refractivity contribution in [1.29, 1.82) is 0 Å². The first-order chi connectivity index (χ1) is 17.0. The molecule has 0 bridgehead atoms. The van der Waals surface area contributed by atoms with Gasteiger partial charge in [-0.1, -0.05) is 18.2 Å². The molecule has 4 heterocycles. The SMILES string of the molecule is COc1cccc(CN2C(=O)N(c3ccc(C4C=NNC4)cn3)CC23CCN(CC(C)O)CC3)c1. The number of aliphatic hydroxyl groups excluding tert-OH is 1. The highest BCUT2D eigenvalue weighted by atomic mass is 16.5. The number of nitrogens with zero attached hydrogens (tertiary/aromatic N) is 5. The largest absolute Gasteiger partial charge is 0.497 e. The van der Waals surface area contributed by atoms with E-state index in [4.69, 9.17) is 4.74 Å². The maximum atomic E-state index is 13.8. The number of piperidine rings is 1. The van der Waals surface area contributed by atoms with Gasteiger partial charge in [-0.05, 0) is 49.1 Å². The molecular weight excluding hydrogens is 444 g/mol. The van der Waals surface area contributed by atoms with Crippen molar-refractivity contribution in [3.63, 3.8) is 0 Å². The molecule has 2 amide bonds. The number of nitrogens with one attached hydrogen (secondary N) is 1. The molecule has 2 unspecified atom stereocenters. The standard InChI is InChI=1S/C26H34N6O3/c1-19(33)16-30-10-8-26(9-11-30)18-31(24-7-6-21(13-27-24)22-14-28-29-15-22)25(34)32(26)17-20-4-3-5-23(12-20)35-2/h3-7,12-14,19,22,29,33H,8-11,15-18H2,1-2H3. The van der Waals surface area contributed by atoms with E-state index in [-0.39, 0.29) is 23.6 Å². The van der Waals surface area contributed by atoms with Crippen LogP contribution in [0.5, 0.6) is 5.75 Å². The van der Waals surface area contributed by atoms with E-state index >= 15 is 0 Å². The van der Waals surface area contributed by atoms with Crippen LogP contribution in [0.25, 0.3) is 0 Å². The first-order valence-electron chi connectivity index (χ1n) is 12.3. The minimum Gasteiger partial charge on any atom is -0.497 e. The van der Waals surface area contributed by atoms with Gasteiger partial charge in [0, 0.05) is 51.1 Å². The Labute approximate surface area is 206 Å². The normalized spacial score (nSPS) is 22.6. The topological polar surface area (TPSA) is 93.5 Å². The molecule has 5 rings (SSSR count). The van der Waals surface area contributed by atoms with Crippen molar-refractivity contribution in [2.45, 2.75) is 43.9 Å². The zero-order valence-electron chi connectivity index (χ0n) is 20.4. The smallest absolute Gasteiger partial charge is 0.326 e. The van der Waals surface area contributed by atoms with Crippen LogP contribution in [0.2, 0.25) is 0 Å². The second-order valence-corrected chi connectivity index (χ2v) is 9.88. The predicted octanol–water partition coefficient (Wildman–Crippen LogP) is 2.42. The van der Waals surface area contributed by atoms with Gasteiger partial charge < -0.3 is 25.1 Å². The number of hydrazone groups is 1. The maximum Gasteiger partial charge on any atom is 0.326 e. The van der Waals surface area contributed by atoms with E-state index in [1.165, 1.54) is 0 Å². The molecule has 2 saturated heterocycles. The number of likely N-dealkylation sites (tertiary alicyclic amines) is 1. The highest BCUT2D eigenvalue weighted by Crippen LogP contribution is 2.39. The molecule has 1 spiro atoms. The first-order valence-corrected chi connectivity index (χ1v) is 12.3. The van der Waals surface area contributed by atoms with E-state index in [9.17, 15) is 9.90 Å². The lowest BCUT2D eigenvalue weighted by Gasteiger charge is -2.44. The summed E-state index contributed by atoms with van der Waals surface area (Å²) in [6.07, 6.45) is 5.10. The lowest BCUT2D eigenvalue weighted by molar-refractivity contribution is 0.0488. The zero-order valence-corrected chi connectivity index (χ0v) is 20.4. The molecule has 1 aromatic carbocycles. The van der Waals surface area contributed by atoms with Gasteiger partial charge in [-0.2, -0.15) is 5.10 Å². The Balaban J connectivity index is 1.40. The highest BCUT2D eigenvalue weighted by Gasteiger charge is 2.51. The quantitative estimate of drug-likeness (QED) is 0.635. The minimum absolute atomic E-state index is 0.0128. The van der Waals surface area contributed by atoms with E-state index < -0.39 is 0 Å². The summed E-state index contributed by atoms with van der Waals surface area (Å²) in [6, 6.07) is 11.9. The van der Waals surface area contributed by atoms with Crippen LogP contribution in [0, 0.1) is 0 Å². The molecule has 2 fully saturated rings. The Hall–Kier alpha value is -3.17. The average Bonchev–Trinajstić information content (AvgIpc) is 3.49. The molecule has 35 heavy (non-hydrogen) atoms. The van der Waals surface area contributed by atoms with Gasteiger partial charge in [0.25, 0.3) is 0 Å². The fraction of sp³-hybridized carbons (Fsp3) is 0.500. The third kappa shape index (κ3) is 4.83. The van der Waals surface area contributed by atoms with Crippen molar-refractivity contribution in [2.24, 2.45) is 5.10 Å². The predicted molar refractivity (Wildman–Crippen MR) is 135 cm³/mol. The van der Waals surface area contributed by atoms with E-state index in [2.05, 4.69) is 20.4 Å². The van der Waals surface area contributed by atoms with Gasteiger partial charge in [0.1, 0.15) is 11.6 Å². The molecular formula is C26H34N6O3. The second kappa shape index (κ2) is 9.83. The van der Waals surface area contributed by atoms with Crippen LogP contribution in [0.4, 0.5) is 10.6 Å². The van der Waals surface area contributed by atoms with Crippen LogP contribution < -0.4 is 15.1 Å². The summed E-state index contributed by atoms with van der Waals surface area (Å²) in [4.78, 5) is 24.7. The number of ether oxygens (including phenoxy) is 1. The number of β-amino-alcohol motifs (C(OH)–C–C–N with tert-alkyl or cyclic N) is 1. The van der Waals surface area contributed by atoms with Gasteiger partial charge >= 0.3 is 6.03 Å². The summed E-state index contributed by atoms with van der Waals surface area (Å²) in [6.45, 7) is 6.07. The molecule has 2 N–H and O–H groups in total. The number of urea groups is 1. The van der Waals surface area contributed by atoms with E-state index in [0.29, 0.717) is 25.5 Å². The molecule has 9 nitrogen and oxygen atoms in total. The van der Waals surface area contributed by atoms with Gasteiger partial charge in [-0.25, -0.2) is 9.78 Å². The van der Waals surface area contributed by atoms with E-state index in [0.717, 1.165) is 49.4 Å². The number of methoxy groups -OCH3 is 1. The van der Waals surface area contributed by atoms with Crippen molar-refractivity contribution < 1.29 is 14.6 Å². The van der Waals surface area contributed by atoms with E-state index in [1.54, 1.807) is 7.11 Å². The van der Waals surface area contributed by atoms with Crippen molar-refractivity contribution in [3.8, 4) is 5.75 Å². The molecule has 2 atom stereocenters. The number of pyridine rings is 1. The molecule has 1 aromatic heterocycles. The van der Waals surface area contributed by atoms with Crippen LogP contribution in [-0.2, 0) is 6.54 Å². The summed E-state index contributed by atoms with van der Waals surface area (Å²) < 4.78 is 5.41. The van der Waals surface area contributed by atoms with Gasteiger partial charge in [0.2, 0.25) is 0 Å². The Morgan fingerprint density at radius 3 is 2.74 bits per heavy atom. The van der Waals surface area contributed by atoms with Crippen molar-refractivity contribution >= 4 is 18.1 Å². The number of amides is 2. The molecule has 0 aliphatic carbocycles. The number of rotatable bonds is 7. The molecule has 3 aliphatic rings. The lowest BCUT2D eigenvalue weighted by Crippen LogP contribution is -2.54. The third-order valence-corrected chi connectivity index (χ3v) is 7.40. The molecule has 9 heteroatoms. The van der Waals surface area contributed by atoms with E-state index in [1.807, 2.05) is 65.5 Å². The molecule has 186 valence electrons. The third-order valence-electron chi connectivity index (χ3n) is 7.40. The fourth-order valence-electron chi connectivity index (χ4n) is 5.44. The van der Waals surface area contributed by atoms with Crippen molar-refractivity contribution in [3.05, 3.63) is 53.7 Å². The van der Waals surface area contributed by atoms with Crippen LogP contribution in [-0.4, -0.2) is 83.6 Å². The number of carbonyl (C=O) groups excluding carboxylic acids is 1. The van der Waals surface area contributed by atoms with Gasteiger partial charge in [0.05, 0.1) is 25.3 Å². The molecule has 0 radical (unpaired) electrons. The summed E-state index contributed by atoms with van der Waals surface area (Å²) in [5.41, 5.74) is 4.83.